The van der Waals surface area contributed by atoms with Gasteiger partial charge in [-0.05, 0) is 30.0 Å². The third-order valence-corrected chi connectivity index (χ3v) is 4.95. The van der Waals surface area contributed by atoms with Crippen molar-refractivity contribution in [2.75, 3.05) is 6.54 Å². The van der Waals surface area contributed by atoms with Gasteiger partial charge in [0.25, 0.3) is 0 Å². The third-order valence-electron chi connectivity index (χ3n) is 4.58. The first-order valence-corrected chi connectivity index (χ1v) is 10.3. The van der Waals surface area contributed by atoms with Crippen LogP contribution in [0.2, 0.25) is 5.02 Å². The fourth-order valence-corrected chi connectivity index (χ4v) is 3.28. The molecular formula is C23H29ClN2O2. The van der Waals surface area contributed by atoms with Crippen molar-refractivity contribution in [1.82, 2.24) is 10.2 Å². The van der Waals surface area contributed by atoms with Crippen LogP contribution in [0.3, 0.4) is 0 Å². The summed E-state index contributed by atoms with van der Waals surface area (Å²) in [4.78, 5) is 27.6. The molecule has 1 atom stereocenters. The number of nitrogens with zero attached hydrogens (tertiary/aromatic N) is 1. The second-order valence-corrected chi connectivity index (χ2v) is 7.27. The molecule has 0 heterocycles. The highest BCUT2D eigenvalue weighted by Crippen LogP contribution is 2.21. The fourth-order valence-electron chi connectivity index (χ4n) is 3.09. The van der Waals surface area contributed by atoms with E-state index in [4.69, 9.17) is 11.6 Å². The van der Waals surface area contributed by atoms with Gasteiger partial charge in [-0.25, -0.2) is 0 Å². The predicted molar refractivity (Wildman–Crippen MR) is 114 cm³/mol. The lowest BCUT2D eigenvalue weighted by Crippen LogP contribution is -2.50. The third kappa shape index (κ3) is 6.38. The van der Waals surface area contributed by atoms with Crippen LogP contribution in [-0.2, 0) is 22.6 Å². The van der Waals surface area contributed by atoms with E-state index in [1.165, 1.54) is 0 Å². The molecule has 0 aromatic heterocycles. The number of carbonyl (C=O) groups excluding carboxylic acids is 2. The van der Waals surface area contributed by atoms with Crippen LogP contribution in [0.15, 0.2) is 54.6 Å². The lowest BCUT2D eigenvalue weighted by atomic mass is 10.0. The zero-order chi connectivity index (χ0) is 20.4. The number of halogens is 1. The summed E-state index contributed by atoms with van der Waals surface area (Å²) in [6.45, 7) is 4.88. The minimum absolute atomic E-state index is 0.0324. The van der Waals surface area contributed by atoms with E-state index in [9.17, 15) is 9.59 Å². The molecule has 150 valence electrons. The molecule has 0 aliphatic rings. The fraction of sp³-hybridized carbons (Fsp3) is 0.391. The van der Waals surface area contributed by atoms with Gasteiger partial charge in [0.1, 0.15) is 6.04 Å². The van der Waals surface area contributed by atoms with Gasteiger partial charge < -0.3 is 10.2 Å². The number of nitrogens with one attached hydrogen (secondary N) is 1. The van der Waals surface area contributed by atoms with Crippen LogP contribution >= 0.6 is 11.6 Å². The monoisotopic (exact) mass is 400 g/mol. The maximum atomic E-state index is 13.0. The molecule has 4 nitrogen and oxygen atoms in total. The molecule has 2 aromatic carbocycles. The largest absolute Gasteiger partial charge is 0.354 e. The van der Waals surface area contributed by atoms with Crippen molar-refractivity contribution >= 4 is 23.4 Å². The Morgan fingerprint density at radius 2 is 1.68 bits per heavy atom. The van der Waals surface area contributed by atoms with Gasteiger partial charge >= 0.3 is 0 Å². The standard InChI is InChI=1S/C23H29ClN2O2/c1-3-10-22(27)26(17-19-13-8-9-14-20(19)24)21(23(28)25-15-4-2)16-18-11-6-5-7-12-18/h5-9,11-14,21H,3-4,10,15-17H2,1-2H3,(H,25,28). The normalized spacial score (nSPS) is 11.7. The molecule has 1 N–H and O–H groups in total. The van der Waals surface area contributed by atoms with Crippen molar-refractivity contribution in [2.24, 2.45) is 0 Å². The molecule has 1 unspecified atom stereocenters. The minimum Gasteiger partial charge on any atom is -0.354 e. The highest BCUT2D eigenvalue weighted by molar-refractivity contribution is 6.31. The number of hydrogen-bond acceptors (Lipinski definition) is 2. The SMILES string of the molecule is CCCNC(=O)C(Cc1ccccc1)N(Cc1ccccc1Cl)C(=O)CCC. The first kappa shape index (κ1) is 22.0. The second-order valence-electron chi connectivity index (χ2n) is 6.86. The summed E-state index contributed by atoms with van der Waals surface area (Å²) in [5.74, 6) is -0.155. The Labute approximate surface area is 172 Å². The van der Waals surface area contributed by atoms with E-state index in [-0.39, 0.29) is 11.8 Å². The van der Waals surface area contributed by atoms with Gasteiger partial charge in [-0.3, -0.25) is 9.59 Å². The van der Waals surface area contributed by atoms with Crippen molar-refractivity contribution < 1.29 is 9.59 Å². The molecule has 0 saturated carbocycles. The van der Waals surface area contributed by atoms with Gasteiger partial charge in [-0.2, -0.15) is 0 Å². The van der Waals surface area contributed by atoms with Gasteiger partial charge in [0.2, 0.25) is 11.8 Å². The summed E-state index contributed by atoms with van der Waals surface area (Å²) in [6, 6.07) is 16.7. The first-order chi connectivity index (χ1) is 13.6. The van der Waals surface area contributed by atoms with E-state index >= 15 is 0 Å². The number of amides is 2. The summed E-state index contributed by atoms with van der Waals surface area (Å²) in [5, 5.41) is 3.57. The Kier molecular flexibility index (Phi) is 9.02. The number of hydrogen-bond donors (Lipinski definition) is 1. The molecule has 0 fully saturated rings. The molecular weight excluding hydrogens is 372 g/mol. The van der Waals surface area contributed by atoms with Gasteiger partial charge in [0.15, 0.2) is 0 Å². The molecule has 2 aromatic rings. The molecule has 28 heavy (non-hydrogen) atoms. The molecule has 0 aliphatic carbocycles. The number of benzene rings is 2. The van der Waals surface area contributed by atoms with Gasteiger partial charge in [0.05, 0.1) is 0 Å². The van der Waals surface area contributed by atoms with Crippen LogP contribution < -0.4 is 5.32 Å². The summed E-state index contributed by atoms with van der Waals surface area (Å²) < 4.78 is 0. The quantitative estimate of drug-likeness (QED) is 0.633. The van der Waals surface area contributed by atoms with Gasteiger partial charge in [-0.15, -0.1) is 0 Å². The van der Waals surface area contributed by atoms with E-state index < -0.39 is 6.04 Å². The van der Waals surface area contributed by atoms with Crippen molar-refractivity contribution in [1.29, 1.82) is 0 Å². The molecule has 0 radical (unpaired) electrons. The van der Waals surface area contributed by atoms with Gasteiger partial charge in [-0.1, -0.05) is 74.0 Å². The van der Waals surface area contributed by atoms with Crippen LogP contribution in [0.5, 0.6) is 0 Å². The van der Waals surface area contributed by atoms with Crippen LogP contribution in [0, 0.1) is 0 Å². The average molecular weight is 401 g/mol. The zero-order valence-corrected chi connectivity index (χ0v) is 17.4. The average Bonchev–Trinajstić information content (AvgIpc) is 2.71. The Hall–Kier alpha value is -2.33. The Morgan fingerprint density at radius 1 is 1.00 bits per heavy atom. The van der Waals surface area contributed by atoms with E-state index in [0.717, 1.165) is 24.0 Å². The highest BCUT2D eigenvalue weighted by Gasteiger charge is 2.30. The molecule has 0 bridgehead atoms. The van der Waals surface area contributed by atoms with E-state index in [1.54, 1.807) is 4.90 Å². The highest BCUT2D eigenvalue weighted by atomic mass is 35.5. The molecule has 2 rings (SSSR count). The summed E-state index contributed by atoms with van der Waals surface area (Å²) >= 11 is 6.34. The second kappa shape index (κ2) is 11.5. The lowest BCUT2D eigenvalue weighted by molar-refractivity contribution is -0.141. The Balaban J connectivity index is 2.36. The number of rotatable bonds is 10. The molecule has 5 heteroatoms. The van der Waals surface area contributed by atoms with Gasteiger partial charge in [0, 0.05) is 31.0 Å². The van der Waals surface area contributed by atoms with Crippen molar-refractivity contribution in [3.05, 3.63) is 70.7 Å². The predicted octanol–water partition coefficient (Wildman–Crippen LogP) is 4.61. The summed E-state index contributed by atoms with van der Waals surface area (Å²) in [5.41, 5.74) is 1.86. The molecule has 0 aliphatic heterocycles. The zero-order valence-electron chi connectivity index (χ0n) is 16.7. The Bertz CT molecular complexity index is 764. The van der Waals surface area contributed by atoms with Crippen molar-refractivity contribution in [2.45, 2.75) is 52.1 Å². The van der Waals surface area contributed by atoms with Crippen LogP contribution in [0.4, 0.5) is 0 Å². The van der Waals surface area contributed by atoms with E-state index in [1.807, 2.05) is 68.4 Å². The topological polar surface area (TPSA) is 49.4 Å². The summed E-state index contributed by atoms with van der Waals surface area (Å²) in [7, 11) is 0. The maximum Gasteiger partial charge on any atom is 0.243 e. The molecule has 0 spiro atoms. The Morgan fingerprint density at radius 3 is 2.32 bits per heavy atom. The first-order valence-electron chi connectivity index (χ1n) is 9.91. The number of carbonyl (C=O) groups is 2. The van der Waals surface area contributed by atoms with Crippen LogP contribution in [0.1, 0.15) is 44.2 Å². The summed E-state index contributed by atoms with van der Waals surface area (Å²) in [6.07, 6.45) is 2.44. The van der Waals surface area contributed by atoms with E-state index in [0.29, 0.717) is 31.0 Å². The minimum atomic E-state index is -0.579. The van der Waals surface area contributed by atoms with Crippen LogP contribution in [-0.4, -0.2) is 29.3 Å². The van der Waals surface area contributed by atoms with Crippen molar-refractivity contribution in [3.63, 3.8) is 0 Å². The lowest BCUT2D eigenvalue weighted by Gasteiger charge is -2.31. The van der Waals surface area contributed by atoms with Crippen molar-refractivity contribution in [3.8, 4) is 0 Å². The molecule has 0 saturated heterocycles. The van der Waals surface area contributed by atoms with Crippen LogP contribution in [0.25, 0.3) is 0 Å². The van der Waals surface area contributed by atoms with E-state index in [2.05, 4.69) is 5.32 Å². The molecule has 2 amide bonds. The maximum absolute atomic E-state index is 13.0. The smallest absolute Gasteiger partial charge is 0.243 e.